The van der Waals surface area contributed by atoms with E-state index in [4.69, 9.17) is 10.8 Å². The number of piperidine rings is 1. The van der Waals surface area contributed by atoms with Crippen molar-refractivity contribution >= 4 is 16.9 Å². The third-order valence-corrected chi connectivity index (χ3v) is 4.81. The van der Waals surface area contributed by atoms with E-state index in [0.717, 1.165) is 29.7 Å². The van der Waals surface area contributed by atoms with Gasteiger partial charge < -0.3 is 10.6 Å². The quantitative estimate of drug-likeness (QED) is 0.787. The van der Waals surface area contributed by atoms with Crippen LogP contribution in [0.1, 0.15) is 24.5 Å². The Morgan fingerprint density at radius 2 is 1.67 bits per heavy atom. The third kappa shape index (κ3) is 2.52. The Labute approximate surface area is 140 Å². The second-order valence-corrected chi connectivity index (χ2v) is 6.25. The average Bonchev–Trinajstić information content (AvgIpc) is 3.02. The fraction of sp³-hybridized carbons (Fsp3) is 0.263. The minimum Gasteiger partial charge on any atom is -0.351 e. The molecule has 2 amide bonds. The van der Waals surface area contributed by atoms with Crippen LogP contribution in [0.25, 0.3) is 16.6 Å². The van der Waals surface area contributed by atoms with E-state index < -0.39 is 0 Å². The number of aromatic nitrogens is 2. The first kappa shape index (κ1) is 14.8. The van der Waals surface area contributed by atoms with Gasteiger partial charge in [-0.1, -0.05) is 36.4 Å². The standard InChI is InChI=1S/C19H20N4O/c20-19(24)22-12-10-14(11-13-22)18-16-8-4-5-9-17(16)23(21-18)15-6-2-1-3-7-15/h1-9,14H,10-13H2,(H2,20,24). The number of hydrogen-bond donors (Lipinski definition) is 1. The van der Waals surface area contributed by atoms with Crippen LogP contribution in [-0.2, 0) is 0 Å². The molecule has 0 bridgehead atoms. The predicted molar refractivity (Wildman–Crippen MR) is 94.2 cm³/mol. The number of fused-ring (bicyclic) bond motifs is 1. The van der Waals surface area contributed by atoms with E-state index in [1.807, 2.05) is 28.9 Å². The van der Waals surface area contributed by atoms with Crippen LogP contribution in [0.2, 0.25) is 0 Å². The van der Waals surface area contributed by atoms with Gasteiger partial charge in [-0.3, -0.25) is 0 Å². The van der Waals surface area contributed by atoms with Gasteiger partial charge in [-0.05, 0) is 31.0 Å². The molecule has 1 aliphatic rings. The summed E-state index contributed by atoms with van der Waals surface area (Å²) in [5.74, 6) is 0.357. The number of likely N-dealkylation sites (tertiary alicyclic amines) is 1. The van der Waals surface area contributed by atoms with Gasteiger partial charge in [0.05, 0.1) is 16.9 Å². The summed E-state index contributed by atoms with van der Waals surface area (Å²) in [5.41, 5.74) is 8.70. The van der Waals surface area contributed by atoms with Crippen molar-refractivity contribution in [3.05, 3.63) is 60.3 Å². The molecular formula is C19H20N4O. The van der Waals surface area contributed by atoms with Crippen LogP contribution in [0.5, 0.6) is 0 Å². The SMILES string of the molecule is NC(=O)N1CCC(c2nn(-c3ccccc3)c3ccccc23)CC1. The van der Waals surface area contributed by atoms with Crippen molar-refractivity contribution in [1.82, 2.24) is 14.7 Å². The molecule has 4 rings (SSSR count). The monoisotopic (exact) mass is 320 g/mol. The van der Waals surface area contributed by atoms with E-state index in [-0.39, 0.29) is 6.03 Å². The van der Waals surface area contributed by atoms with E-state index >= 15 is 0 Å². The van der Waals surface area contributed by atoms with Crippen LogP contribution >= 0.6 is 0 Å². The lowest BCUT2D eigenvalue weighted by atomic mass is 9.92. The maximum absolute atomic E-state index is 11.3. The summed E-state index contributed by atoms with van der Waals surface area (Å²) in [5, 5.41) is 6.13. The smallest absolute Gasteiger partial charge is 0.314 e. The van der Waals surface area contributed by atoms with Crippen LogP contribution in [0, 0.1) is 0 Å². The molecule has 1 saturated heterocycles. The number of rotatable bonds is 2. The highest BCUT2D eigenvalue weighted by Gasteiger charge is 2.26. The molecule has 5 heteroatoms. The Hall–Kier alpha value is -2.82. The summed E-state index contributed by atoms with van der Waals surface area (Å²) in [4.78, 5) is 13.0. The van der Waals surface area contributed by atoms with Crippen molar-refractivity contribution in [3.63, 3.8) is 0 Å². The highest BCUT2D eigenvalue weighted by molar-refractivity contribution is 5.84. The lowest BCUT2D eigenvalue weighted by molar-refractivity contribution is 0.190. The van der Waals surface area contributed by atoms with Gasteiger partial charge in [-0.2, -0.15) is 5.10 Å². The molecule has 0 atom stereocenters. The zero-order chi connectivity index (χ0) is 16.5. The van der Waals surface area contributed by atoms with Gasteiger partial charge >= 0.3 is 6.03 Å². The van der Waals surface area contributed by atoms with Gasteiger partial charge in [0.25, 0.3) is 0 Å². The summed E-state index contributed by atoms with van der Waals surface area (Å²) in [7, 11) is 0. The molecule has 5 nitrogen and oxygen atoms in total. The summed E-state index contributed by atoms with van der Waals surface area (Å²) < 4.78 is 2.02. The molecule has 0 saturated carbocycles. The topological polar surface area (TPSA) is 64.2 Å². The van der Waals surface area contributed by atoms with E-state index in [9.17, 15) is 4.79 Å². The number of urea groups is 1. The summed E-state index contributed by atoms with van der Waals surface area (Å²) in [6.45, 7) is 1.40. The number of para-hydroxylation sites is 2. The lowest BCUT2D eigenvalue weighted by Gasteiger charge is -2.30. The van der Waals surface area contributed by atoms with Gasteiger partial charge in [-0.25, -0.2) is 9.48 Å². The van der Waals surface area contributed by atoms with Crippen molar-refractivity contribution in [3.8, 4) is 5.69 Å². The van der Waals surface area contributed by atoms with Crippen molar-refractivity contribution in [2.24, 2.45) is 5.73 Å². The maximum atomic E-state index is 11.3. The van der Waals surface area contributed by atoms with Crippen LogP contribution in [-0.4, -0.2) is 33.8 Å². The van der Waals surface area contributed by atoms with Crippen molar-refractivity contribution in [2.75, 3.05) is 13.1 Å². The molecule has 2 N–H and O–H groups in total. The molecule has 3 aromatic rings. The zero-order valence-corrected chi connectivity index (χ0v) is 13.4. The van der Waals surface area contributed by atoms with E-state index in [1.54, 1.807) is 4.90 Å². The van der Waals surface area contributed by atoms with E-state index in [2.05, 4.69) is 30.3 Å². The number of hydrogen-bond acceptors (Lipinski definition) is 2. The molecule has 2 heterocycles. The molecule has 24 heavy (non-hydrogen) atoms. The first-order valence-corrected chi connectivity index (χ1v) is 8.31. The molecule has 0 unspecified atom stereocenters. The number of carbonyl (C=O) groups excluding carboxylic acids is 1. The highest BCUT2D eigenvalue weighted by Crippen LogP contribution is 2.33. The van der Waals surface area contributed by atoms with Crippen LogP contribution in [0.3, 0.4) is 0 Å². The van der Waals surface area contributed by atoms with Gasteiger partial charge in [0.15, 0.2) is 0 Å². The second kappa shape index (κ2) is 6.00. The lowest BCUT2D eigenvalue weighted by Crippen LogP contribution is -2.41. The number of benzene rings is 2. The number of nitrogens with zero attached hydrogens (tertiary/aromatic N) is 3. The molecule has 1 aliphatic heterocycles. The highest BCUT2D eigenvalue weighted by atomic mass is 16.2. The van der Waals surface area contributed by atoms with Crippen molar-refractivity contribution < 1.29 is 4.79 Å². The summed E-state index contributed by atoms with van der Waals surface area (Å²) in [6, 6.07) is 18.2. The Morgan fingerprint density at radius 3 is 2.38 bits per heavy atom. The largest absolute Gasteiger partial charge is 0.351 e. The molecular weight excluding hydrogens is 300 g/mol. The van der Waals surface area contributed by atoms with E-state index in [1.165, 1.54) is 5.39 Å². The molecule has 1 fully saturated rings. The van der Waals surface area contributed by atoms with Crippen molar-refractivity contribution in [2.45, 2.75) is 18.8 Å². The molecule has 122 valence electrons. The van der Waals surface area contributed by atoms with Crippen LogP contribution in [0.4, 0.5) is 4.79 Å². The molecule has 2 aromatic carbocycles. The van der Waals surface area contributed by atoms with Crippen LogP contribution < -0.4 is 5.73 Å². The Morgan fingerprint density at radius 1 is 1.00 bits per heavy atom. The Balaban J connectivity index is 1.73. The fourth-order valence-electron chi connectivity index (χ4n) is 3.53. The molecule has 1 aromatic heterocycles. The second-order valence-electron chi connectivity index (χ2n) is 6.25. The predicted octanol–water partition coefficient (Wildman–Crippen LogP) is 3.28. The Kier molecular flexibility index (Phi) is 3.69. The van der Waals surface area contributed by atoms with Crippen LogP contribution in [0.15, 0.2) is 54.6 Å². The first-order valence-electron chi connectivity index (χ1n) is 8.31. The average molecular weight is 320 g/mol. The molecule has 0 radical (unpaired) electrons. The van der Waals surface area contributed by atoms with Gasteiger partial charge in [0.1, 0.15) is 0 Å². The summed E-state index contributed by atoms with van der Waals surface area (Å²) in [6.07, 6.45) is 1.80. The van der Waals surface area contributed by atoms with Gasteiger partial charge in [0.2, 0.25) is 0 Å². The third-order valence-electron chi connectivity index (χ3n) is 4.81. The minimum absolute atomic E-state index is 0.326. The minimum atomic E-state index is -0.326. The Bertz CT molecular complexity index is 863. The van der Waals surface area contributed by atoms with Gasteiger partial charge in [0, 0.05) is 24.4 Å². The van der Waals surface area contributed by atoms with Gasteiger partial charge in [-0.15, -0.1) is 0 Å². The number of nitrogens with two attached hydrogens (primary N) is 1. The molecule has 0 aliphatic carbocycles. The zero-order valence-electron chi connectivity index (χ0n) is 13.4. The fourth-order valence-corrected chi connectivity index (χ4v) is 3.53. The normalized spacial score (nSPS) is 15.8. The number of primary amides is 1. The number of amides is 2. The maximum Gasteiger partial charge on any atom is 0.314 e. The van der Waals surface area contributed by atoms with Crippen molar-refractivity contribution in [1.29, 1.82) is 0 Å². The number of carbonyl (C=O) groups is 1. The first-order chi connectivity index (χ1) is 11.7. The van der Waals surface area contributed by atoms with E-state index in [0.29, 0.717) is 19.0 Å². The molecule has 0 spiro atoms. The summed E-state index contributed by atoms with van der Waals surface area (Å²) >= 11 is 0.